The Balaban J connectivity index is 1.65. The second-order valence-corrected chi connectivity index (χ2v) is 7.76. The van der Waals surface area contributed by atoms with Crippen molar-refractivity contribution in [1.29, 1.82) is 0 Å². The van der Waals surface area contributed by atoms with Crippen molar-refractivity contribution >= 4 is 21.6 Å². The van der Waals surface area contributed by atoms with Crippen LogP contribution in [-0.4, -0.2) is 18.6 Å². The van der Waals surface area contributed by atoms with Crippen LogP contribution in [0.3, 0.4) is 0 Å². The van der Waals surface area contributed by atoms with Crippen molar-refractivity contribution in [3.05, 3.63) is 70.6 Å². The molecule has 1 N–H and O–H groups in total. The van der Waals surface area contributed by atoms with Crippen molar-refractivity contribution < 1.29 is 12.8 Å². The highest BCUT2D eigenvalue weighted by Gasteiger charge is 2.15. The lowest BCUT2D eigenvalue weighted by Crippen LogP contribution is -2.25. The number of nitrogens with one attached hydrogen (secondary N) is 1. The van der Waals surface area contributed by atoms with Crippen molar-refractivity contribution in [2.75, 3.05) is 0 Å². The van der Waals surface area contributed by atoms with Gasteiger partial charge in [0.2, 0.25) is 21.8 Å². The van der Waals surface area contributed by atoms with E-state index in [9.17, 15) is 8.42 Å². The lowest BCUT2D eigenvalue weighted by molar-refractivity contribution is 0.494. The topological polar surface area (TPSA) is 85.1 Å². The normalized spacial score (nSPS) is 11.6. The van der Waals surface area contributed by atoms with E-state index in [2.05, 4.69) is 14.9 Å². The van der Waals surface area contributed by atoms with Crippen LogP contribution in [0.5, 0.6) is 0 Å². The van der Waals surface area contributed by atoms with E-state index in [1.54, 1.807) is 30.3 Å². The average Bonchev–Trinajstić information content (AvgIpc) is 3.05. The van der Waals surface area contributed by atoms with E-state index in [1.807, 2.05) is 25.1 Å². The molecule has 0 aliphatic rings. The summed E-state index contributed by atoms with van der Waals surface area (Å²) in [6, 6.07) is 14.3. The molecule has 130 valence electrons. The fraction of sp³-hybridized carbons (Fsp3) is 0.176. The van der Waals surface area contributed by atoms with Crippen LogP contribution in [0.4, 0.5) is 0 Å². The first-order chi connectivity index (χ1) is 11.9. The molecule has 8 heteroatoms. The molecule has 0 saturated heterocycles. The zero-order valence-electron chi connectivity index (χ0n) is 13.4. The lowest BCUT2D eigenvalue weighted by atomic mass is 10.1. The number of sulfonamides is 1. The number of rotatable bonds is 6. The molecule has 2 aromatic carbocycles. The van der Waals surface area contributed by atoms with E-state index in [0.29, 0.717) is 16.5 Å². The van der Waals surface area contributed by atoms with Crippen molar-refractivity contribution in [2.45, 2.75) is 19.2 Å². The van der Waals surface area contributed by atoms with Gasteiger partial charge >= 0.3 is 0 Å². The van der Waals surface area contributed by atoms with Gasteiger partial charge in [-0.25, -0.2) is 13.1 Å². The molecule has 0 radical (unpaired) electrons. The highest BCUT2D eigenvalue weighted by atomic mass is 35.5. The number of benzene rings is 2. The molecule has 3 rings (SSSR count). The molecule has 0 fully saturated rings. The summed E-state index contributed by atoms with van der Waals surface area (Å²) in [5, 5.41) is 8.39. The summed E-state index contributed by atoms with van der Waals surface area (Å²) in [6.07, 6.45) is 0. The Labute approximate surface area is 150 Å². The maximum atomic E-state index is 12.2. The van der Waals surface area contributed by atoms with Crippen LogP contribution in [0.2, 0.25) is 5.02 Å². The van der Waals surface area contributed by atoms with Gasteiger partial charge in [0.25, 0.3) is 0 Å². The first-order valence-electron chi connectivity index (χ1n) is 7.53. The highest BCUT2D eigenvalue weighted by molar-refractivity contribution is 7.88. The summed E-state index contributed by atoms with van der Waals surface area (Å²) in [4.78, 5) is 0. The van der Waals surface area contributed by atoms with Gasteiger partial charge in [0.05, 0.1) is 12.3 Å². The first kappa shape index (κ1) is 17.6. The maximum absolute atomic E-state index is 12.2. The number of nitrogens with zero attached hydrogens (tertiary/aromatic N) is 2. The Morgan fingerprint density at radius 2 is 1.80 bits per heavy atom. The molecule has 0 bridgehead atoms. The second kappa shape index (κ2) is 7.35. The minimum absolute atomic E-state index is 0.0607. The van der Waals surface area contributed by atoms with Crippen LogP contribution in [0.25, 0.3) is 11.5 Å². The third-order valence-electron chi connectivity index (χ3n) is 3.61. The zero-order valence-corrected chi connectivity index (χ0v) is 15.0. The molecule has 0 unspecified atom stereocenters. The number of hydrogen-bond acceptors (Lipinski definition) is 5. The lowest BCUT2D eigenvalue weighted by Gasteiger charge is -2.07. The maximum Gasteiger partial charge on any atom is 0.247 e. The minimum Gasteiger partial charge on any atom is -0.419 e. The molecule has 3 aromatic rings. The van der Waals surface area contributed by atoms with Crippen LogP contribution >= 0.6 is 11.6 Å². The van der Waals surface area contributed by atoms with E-state index in [1.165, 1.54) is 0 Å². The summed E-state index contributed by atoms with van der Waals surface area (Å²) in [6.45, 7) is 1.82. The molecule has 1 aromatic heterocycles. The van der Waals surface area contributed by atoms with Crippen molar-refractivity contribution in [3.8, 4) is 11.5 Å². The van der Waals surface area contributed by atoms with Gasteiger partial charge in [-0.2, -0.15) is 0 Å². The fourth-order valence-electron chi connectivity index (χ4n) is 2.23. The van der Waals surface area contributed by atoms with Gasteiger partial charge in [-0.15, -0.1) is 10.2 Å². The quantitative estimate of drug-likeness (QED) is 0.712. The number of hydrogen-bond donors (Lipinski definition) is 1. The van der Waals surface area contributed by atoms with Crippen molar-refractivity contribution in [2.24, 2.45) is 0 Å². The van der Waals surface area contributed by atoms with E-state index in [4.69, 9.17) is 16.0 Å². The molecular weight excluding hydrogens is 362 g/mol. The molecule has 0 saturated carbocycles. The van der Waals surface area contributed by atoms with Crippen LogP contribution in [0.15, 0.2) is 52.9 Å². The molecule has 25 heavy (non-hydrogen) atoms. The highest BCUT2D eigenvalue weighted by Crippen LogP contribution is 2.20. The molecule has 0 spiro atoms. The Kier molecular flexibility index (Phi) is 5.17. The third-order valence-corrected chi connectivity index (χ3v) is 5.14. The molecule has 0 aliphatic carbocycles. The van der Waals surface area contributed by atoms with E-state index in [0.717, 1.165) is 11.1 Å². The van der Waals surface area contributed by atoms with Gasteiger partial charge in [-0.1, -0.05) is 35.9 Å². The summed E-state index contributed by atoms with van der Waals surface area (Å²) < 4.78 is 32.4. The van der Waals surface area contributed by atoms with E-state index < -0.39 is 10.0 Å². The predicted octanol–water partition coefficient (Wildman–Crippen LogP) is 3.32. The fourth-order valence-corrected chi connectivity index (χ4v) is 3.54. The SMILES string of the molecule is Cc1ccccc1CS(=O)(=O)NCc1nnc(-c2ccc(Cl)cc2)o1. The molecule has 0 atom stereocenters. The van der Waals surface area contributed by atoms with E-state index in [-0.39, 0.29) is 18.2 Å². The monoisotopic (exact) mass is 377 g/mol. The van der Waals surface area contributed by atoms with Crippen molar-refractivity contribution in [3.63, 3.8) is 0 Å². The van der Waals surface area contributed by atoms with Crippen LogP contribution in [-0.2, 0) is 22.3 Å². The smallest absolute Gasteiger partial charge is 0.247 e. The molecule has 6 nitrogen and oxygen atoms in total. The summed E-state index contributed by atoms with van der Waals surface area (Å²) in [5.41, 5.74) is 2.39. The summed E-state index contributed by atoms with van der Waals surface area (Å²) >= 11 is 5.84. The number of aromatic nitrogens is 2. The van der Waals surface area contributed by atoms with Gasteiger partial charge in [0.15, 0.2) is 0 Å². The zero-order chi connectivity index (χ0) is 17.9. The largest absolute Gasteiger partial charge is 0.419 e. The molecule has 0 aliphatic heterocycles. The van der Waals surface area contributed by atoms with Crippen LogP contribution in [0.1, 0.15) is 17.0 Å². The van der Waals surface area contributed by atoms with E-state index >= 15 is 0 Å². The first-order valence-corrected chi connectivity index (χ1v) is 9.56. The second-order valence-electron chi connectivity index (χ2n) is 5.51. The number of halogens is 1. The molecule has 1 heterocycles. The summed E-state index contributed by atoms with van der Waals surface area (Å²) in [7, 11) is -3.51. The standard InChI is InChI=1S/C17H16ClN3O3S/c1-12-4-2-3-5-14(12)11-25(22,23)19-10-16-20-21-17(24-16)13-6-8-15(18)9-7-13/h2-9,19H,10-11H2,1H3. The Hall–Kier alpha value is -2.22. The molecular formula is C17H16ClN3O3S. The Bertz CT molecular complexity index is 969. The van der Waals surface area contributed by atoms with Crippen molar-refractivity contribution in [1.82, 2.24) is 14.9 Å². The number of aryl methyl sites for hydroxylation is 1. The van der Waals surface area contributed by atoms with Gasteiger partial charge in [-0.3, -0.25) is 0 Å². The minimum atomic E-state index is -3.51. The van der Waals surface area contributed by atoms with Gasteiger partial charge in [0.1, 0.15) is 0 Å². The summed E-state index contributed by atoms with van der Waals surface area (Å²) in [5.74, 6) is 0.403. The van der Waals surface area contributed by atoms with Gasteiger partial charge in [-0.05, 0) is 42.3 Å². The third kappa shape index (κ3) is 4.66. The average molecular weight is 378 g/mol. The molecule has 0 amide bonds. The predicted molar refractivity (Wildman–Crippen MR) is 95.4 cm³/mol. The van der Waals surface area contributed by atoms with Gasteiger partial charge in [0, 0.05) is 10.6 Å². The van der Waals surface area contributed by atoms with Gasteiger partial charge < -0.3 is 4.42 Å². The Morgan fingerprint density at radius 1 is 1.08 bits per heavy atom. The van der Waals surface area contributed by atoms with Crippen LogP contribution in [0, 0.1) is 6.92 Å². The van der Waals surface area contributed by atoms with Crippen LogP contribution < -0.4 is 4.72 Å². The Morgan fingerprint density at radius 3 is 2.52 bits per heavy atom.